The van der Waals surface area contributed by atoms with Crippen LogP contribution < -0.4 is 10.6 Å². The molecule has 2 amide bonds. The van der Waals surface area contributed by atoms with Crippen molar-refractivity contribution < 1.29 is 213 Å². The third-order valence-electron chi connectivity index (χ3n) is 26.6. The molecule has 45 heteroatoms. The topological polar surface area (TPSA) is 712 Å². The molecule has 0 radical (unpaired) electrons. The van der Waals surface area contributed by atoms with Crippen molar-refractivity contribution in [3.8, 4) is 0 Å². The number of aliphatic hydroxyl groups excluding tert-OH is 25. The third kappa shape index (κ3) is 33.8. The van der Waals surface area contributed by atoms with Crippen molar-refractivity contribution in [3.05, 3.63) is 12.2 Å². The van der Waals surface area contributed by atoms with Gasteiger partial charge in [0, 0.05) is 13.3 Å². The van der Waals surface area contributed by atoms with Gasteiger partial charge in [0.1, 0.15) is 195 Å². The zero-order chi connectivity index (χ0) is 98.5. The van der Waals surface area contributed by atoms with Crippen molar-refractivity contribution >= 4 is 11.8 Å². The van der Waals surface area contributed by atoms with E-state index in [-0.39, 0.29) is 12.3 Å². The molecule has 0 spiro atoms. The van der Waals surface area contributed by atoms with Crippen molar-refractivity contribution in [3.63, 3.8) is 0 Å². The van der Waals surface area contributed by atoms with Gasteiger partial charge in [0.2, 0.25) is 11.8 Å². The van der Waals surface area contributed by atoms with E-state index in [1.54, 1.807) is 6.08 Å². The van der Waals surface area contributed by atoms with Crippen molar-refractivity contribution in [2.75, 3.05) is 59.5 Å². The molecular formula is C90H162N2O43. The minimum Gasteiger partial charge on any atom is -0.394 e. The number of allylic oxidation sites excluding steroid dienone is 1. The monoisotopic (exact) mass is 1960 g/mol. The van der Waals surface area contributed by atoms with Crippen LogP contribution in [0.1, 0.15) is 226 Å². The van der Waals surface area contributed by atoms with Crippen LogP contribution in [-0.4, -0.2) is 457 Å². The molecule has 0 aromatic heterocycles. The Labute approximate surface area is 788 Å². The van der Waals surface area contributed by atoms with Gasteiger partial charge in [-0.3, -0.25) is 9.59 Å². The van der Waals surface area contributed by atoms with Crippen LogP contribution in [-0.2, 0) is 85.4 Å². The number of rotatable bonds is 61. The molecule has 790 valence electrons. The van der Waals surface area contributed by atoms with E-state index in [1.807, 2.05) is 6.08 Å². The quantitative estimate of drug-likeness (QED) is 0.0200. The highest BCUT2D eigenvalue weighted by Crippen LogP contribution is 2.40. The number of carbonyl (C=O) groups excluding carboxylic acids is 2. The second-order valence-electron chi connectivity index (χ2n) is 36.9. The standard InChI is InChI=1S/C90H162N2O43/c1-4-6-8-10-12-14-16-18-19-20-21-22-23-25-27-29-31-33-35-37-58(103)92-48(49(102)36-34-32-30-28-26-24-17-15-13-11-9-7-5-2)46-120-84-69(113)67(111)76(56(44-99)127-84)129-85-70(114)68(112)77(57(45-100)128-85)130-86-72(116)79(62(106)52(40-95)122-86)132-88-74(118)81(64(108)54(42-97)124-88)134-90-75(119)82(65(109)55(43-98)126-90)135-89-73(117)80(63(107)53(41-96)125-89)133-87-71(115)78(61(105)51(39-94)123-87)131-83-59(91-47(3)101)66(110)60(104)50(38-93)121-83/h34,36,48-57,59-90,93-100,102,104-119H,4-33,35,37-46H2,1-3H3,(H,91,101)(H,92,103)/b36-34+/t48-,49+,50?,51?,52?,53?,54?,55?,56?,57?,59?,60-,61-,62-,63-,64-,65-,66+,67+,68+,69?,70?,71?,72?,73?,74?,75?,76+,77-,78-,79-,80-,81-,82-,83-,84+,85-,86-,87+,88+,89+,90+/m0/s1. The van der Waals surface area contributed by atoms with Gasteiger partial charge in [-0.05, 0) is 19.3 Å². The SMILES string of the molecule is CCCCCCCCCCCCC/C=C/[C@@H](O)[C@H](CO[C@@H]1OC(CO)[C@@H](O[C@@H]2OC(CO)[C@H](O[C@@H]3OC(CO)[C@H](O)[C@H](O[C@H]4OC(CO)[C@H](O)[C@H](O[C@H]5OC(CO)[C@H](O)[C@H](O[C@H]6OC(CO)[C@H](O)[C@H](O[C@H]7OC(CO)[C@H](O)[C@H](O[C@@H]8OC(CO)[C@H](O)[C@H](O)C8NC(C)=O)C7O)C6O)C5O)C4O)C3O)[C@H](O)C2O)[C@H](O)C1O)NC(=O)CCCCCCCCCCCCCCCCCCCCC. The van der Waals surface area contributed by atoms with E-state index >= 15 is 0 Å². The average molecular weight is 1960 g/mol. The fourth-order valence-corrected chi connectivity index (χ4v) is 18.4. The normalized spacial score (nSPS) is 39.9. The molecule has 0 bridgehead atoms. The minimum absolute atomic E-state index is 0.163. The molecule has 0 aliphatic carbocycles. The lowest BCUT2D eigenvalue weighted by Gasteiger charge is -2.50. The molecule has 0 saturated carbocycles. The fraction of sp³-hybridized carbons (Fsp3) is 0.956. The number of aliphatic hydroxyl groups is 25. The molecule has 8 aliphatic rings. The summed E-state index contributed by atoms with van der Waals surface area (Å²) in [6, 6.07) is -2.72. The zero-order valence-electron chi connectivity index (χ0n) is 77.9. The average Bonchev–Trinajstić information content (AvgIpc) is 0.787. The van der Waals surface area contributed by atoms with Crippen LogP contribution in [0.4, 0.5) is 0 Å². The number of ether oxygens (including phenoxy) is 16. The summed E-state index contributed by atoms with van der Waals surface area (Å²) < 4.78 is 93.1. The lowest BCUT2D eigenvalue weighted by Crippen LogP contribution is -2.69. The molecule has 8 saturated heterocycles. The molecule has 8 heterocycles. The van der Waals surface area contributed by atoms with Crippen molar-refractivity contribution in [2.45, 2.75) is 484 Å². The van der Waals surface area contributed by atoms with E-state index in [9.17, 15) is 137 Å². The van der Waals surface area contributed by atoms with Gasteiger partial charge in [0.05, 0.1) is 71.6 Å². The molecule has 45 nitrogen and oxygen atoms in total. The first kappa shape index (κ1) is 117. The van der Waals surface area contributed by atoms with Crippen molar-refractivity contribution in [1.82, 2.24) is 10.6 Å². The maximum Gasteiger partial charge on any atom is 0.220 e. The summed E-state index contributed by atoms with van der Waals surface area (Å²) in [5, 5.41) is 286. The number of hydrogen-bond donors (Lipinski definition) is 27. The van der Waals surface area contributed by atoms with Gasteiger partial charge in [-0.1, -0.05) is 206 Å². The molecule has 8 fully saturated rings. The highest BCUT2D eigenvalue weighted by molar-refractivity contribution is 5.76. The highest BCUT2D eigenvalue weighted by Gasteiger charge is 2.61. The zero-order valence-corrected chi connectivity index (χ0v) is 77.9. The summed E-state index contributed by atoms with van der Waals surface area (Å²) in [6.07, 6.45) is -41.7. The van der Waals surface area contributed by atoms with Crippen LogP contribution in [0.3, 0.4) is 0 Å². The second kappa shape index (κ2) is 61.4. The Morgan fingerprint density at radius 3 is 0.852 bits per heavy atom. The van der Waals surface area contributed by atoms with E-state index < -0.39 is 323 Å². The van der Waals surface area contributed by atoms with Gasteiger partial charge in [-0.25, -0.2) is 0 Å². The summed E-state index contributed by atoms with van der Waals surface area (Å²) in [7, 11) is 0. The summed E-state index contributed by atoms with van der Waals surface area (Å²) >= 11 is 0. The van der Waals surface area contributed by atoms with Crippen LogP contribution in [0.15, 0.2) is 12.2 Å². The van der Waals surface area contributed by atoms with Gasteiger partial charge in [0.15, 0.2) is 50.3 Å². The van der Waals surface area contributed by atoms with E-state index in [0.29, 0.717) is 12.8 Å². The molecular weight excluding hydrogens is 1800 g/mol. The number of carbonyl (C=O) groups is 2. The maximum atomic E-state index is 13.6. The van der Waals surface area contributed by atoms with Gasteiger partial charge in [0.25, 0.3) is 0 Å². The molecule has 16 unspecified atom stereocenters. The predicted octanol–water partition coefficient (Wildman–Crippen LogP) is -5.36. The number of unbranched alkanes of at least 4 members (excludes halogenated alkanes) is 29. The minimum atomic E-state index is -2.40. The molecule has 0 aromatic rings. The van der Waals surface area contributed by atoms with E-state index in [0.717, 1.165) is 58.3 Å². The lowest BCUT2D eigenvalue weighted by molar-refractivity contribution is -0.401. The summed E-state index contributed by atoms with van der Waals surface area (Å²) in [6.45, 7) is -3.48. The van der Waals surface area contributed by atoms with Gasteiger partial charge >= 0.3 is 0 Å². The Balaban J connectivity index is 0.861. The summed E-state index contributed by atoms with van der Waals surface area (Å²) in [4.78, 5) is 25.8. The van der Waals surface area contributed by atoms with Crippen LogP contribution in [0.5, 0.6) is 0 Å². The Hall–Kier alpha value is -2.96. The number of nitrogens with one attached hydrogen (secondary N) is 2. The Kier molecular flexibility index (Phi) is 53.3. The van der Waals surface area contributed by atoms with E-state index in [1.165, 1.54) is 135 Å². The van der Waals surface area contributed by atoms with Crippen molar-refractivity contribution in [2.24, 2.45) is 0 Å². The Morgan fingerprint density at radius 2 is 0.541 bits per heavy atom. The van der Waals surface area contributed by atoms with Gasteiger partial charge < -0.3 is 214 Å². The highest BCUT2D eigenvalue weighted by atomic mass is 16.8. The Bertz CT molecular complexity index is 3210. The smallest absolute Gasteiger partial charge is 0.220 e. The summed E-state index contributed by atoms with van der Waals surface area (Å²) in [5.74, 6) is -1.14. The maximum absolute atomic E-state index is 13.6. The lowest BCUT2D eigenvalue weighted by atomic mass is 9.94. The van der Waals surface area contributed by atoms with Crippen LogP contribution in [0.2, 0.25) is 0 Å². The summed E-state index contributed by atoms with van der Waals surface area (Å²) in [5.41, 5.74) is 0. The first-order valence-electron chi connectivity index (χ1n) is 49.0. The van der Waals surface area contributed by atoms with Crippen LogP contribution >= 0.6 is 0 Å². The fourth-order valence-electron chi connectivity index (χ4n) is 18.4. The van der Waals surface area contributed by atoms with Gasteiger partial charge in [-0.15, -0.1) is 0 Å². The predicted molar refractivity (Wildman–Crippen MR) is 466 cm³/mol. The van der Waals surface area contributed by atoms with Crippen LogP contribution in [0.25, 0.3) is 0 Å². The third-order valence-corrected chi connectivity index (χ3v) is 26.6. The molecule has 135 heavy (non-hydrogen) atoms. The number of amides is 2. The molecule has 27 N–H and O–H groups in total. The van der Waals surface area contributed by atoms with E-state index in [2.05, 4.69) is 24.5 Å². The molecule has 0 aromatic carbocycles. The Morgan fingerprint density at radius 1 is 0.289 bits per heavy atom. The second-order valence-corrected chi connectivity index (χ2v) is 36.9. The first-order chi connectivity index (χ1) is 64.9. The number of hydrogen-bond acceptors (Lipinski definition) is 43. The molecule has 42 atom stereocenters. The van der Waals surface area contributed by atoms with Crippen LogP contribution in [0, 0.1) is 0 Å². The largest absolute Gasteiger partial charge is 0.394 e. The first-order valence-corrected chi connectivity index (χ1v) is 49.0. The van der Waals surface area contributed by atoms with Crippen molar-refractivity contribution in [1.29, 1.82) is 0 Å². The van der Waals surface area contributed by atoms with E-state index in [4.69, 9.17) is 75.8 Å². The molecule has 8 aliphatic heterocycles. The van der Waals surface area contributed by atoms with Gasteiger partial charge in [-0.2, -0.15) is 0 Å². The molecule has 8 rings (SSSR count).